The zero-order valence-corrected chi connectivity index (χ0v) is 11.5. The van der Waals surface area contributed by atoms with Crippen LogP contribution in [-0.2, 0) is 4.74 Å². The van der Waals surface area contributed by atoms with Crippen molar-refractivity contribution in [3.63, 3.8) is 0 Å². The second-order valence-electron chi connectivity index (χ2n) is 2.96. The smallest absolute Gasteiger partial charge is 0.404 e. The van der Waals surface area contributed by atoms with Gasteiger partial charge in [-0.15, -0.1) is 10.2 Å². The minimum absolute atomic E-state index is 0.356. The van der Waals surface area contributed by atoms with Crippen LogP contribution in [0, 0.1) is 0 Å². The van der Waals surface area contributed by atoms with Crippen LogP contribution >= 0.6 is 0 Å². The van der Waals surface area contributed by atoms with E-state index < -0.39 is 6.09 Å². The fourth-order valence-electron chi connectivity index (χ4n) is 0.764. The summed E-state index contributed by atoms with van der Waals surface area (Å²) in [5.41, 5.74) is 4.54. The summed E-state index contributed by atoms with van der Waals surface area (Å²) in [5, 5.41) is 12.2. The number of rotatable bonds is 1. The number of ether oxygens (including phenoxy) is 1. The molecule has 3 rings (SSSR count). The summed E-state index contributed by atoms with van der Waals surface area (Å²) in [7, 11) is 0. The molecule has 10 heteroatoms. The summed E-state index contributed by atoms with van der Waals surface area (Å²) < 4.78 is 4.18. The van der Waals surface area contributed by atoms with Crippen molar-refractivity contribution in [2.75, 3.05) is 6.61 Å². The quantitative estimate of drug-likeness (QED) is 0.519. The molecule has 1 amide bonds. The number of hydrogen-bond donors (Lipinski definition) is 4. The van der Waals surface area contributed by atoms with Crippen molar-refractivity contribution in [1.29, 1.82) is 0 Å². The Morgan fingerprint density at radius 1 is 1.24 bits per heavy atom. The standard InChI is InChI=1S/C4H5N.C3H4N2.C3H7NO2.CH2N4/c1-2-4-5-3-1;1-2-5-3-4-1;1-2-6-3(4)5;1-2-4-5-3-1/h1-5H;1-3H,(H,4,5);2H2,1H3,(H2,4,5);1H,(H,2,3,4,5). The fourth-order valence-corrected chi connectivity index (χ4v) is 0.764. The van der Waals surface area contributed by atoms with E-state index in [0.29, 0.717) is 6.61 Å². The van der Waals surface area contributed by atoms with Gasteiger partial charge in [-0.2, -0.15) is 5.21 Å². The Balaban J connectivity index is 0.000000254. The first-order valence-electron chi connectivity index (χ1n) is 5.86. The maximum Gasteiger partial charge on any atom is 0.404 e. The average Bonchev–Trinajstić information content (AvgIpc) is 3.24. The molecule has 10 nitrogen and oxygen atoms in total. The number of nitrogens with two attached hydrogens (primary N) is 1. The predicted octanol–water partition coefficient (Wildman–Crippen LogP) is 0.726. The van der Waals surface area contributed by atoms with Crippen LogP contribution in [0.25, 0.3) is 0 Å². The van der Waals surface area contributed by atoms with Crippen LogP contribution in [0.1, 0.15) is 6.92 Å². The molecule has 0 saturated heterocycles. The number of aromatic nitrogens is 7. The number of carbonyl (C=O) groups excluding carboxylic acids is 1. The van der Waals surface area contributed by atoms with Crippen molar-refractivity contribution in [2.24, 2.45) is 5.73 Å². The third-order valence-electron chi connectivity index (χ3n) is 1.46. The van der Waals surface area contributed by atoms with Crippen molar-refractivity contribution in [3.05, 3.63) is 49.6 Å². The number of tetrazole rings is 1. The van der Waals surface area contributed by atoms with E-state index in [1.54, 1.807) is 25.6 Å². The topological polar surface area (TPSA) is 151 Å². The van der Waals surface area contributed by atoms with E-state index >= 15 is 0 Å². The van der Waals surface area contributed by atoms with Gasteiger partial charge in [-0.05, 0) is 19.1 Å². The lowest BCUT2D eigenvalue weighted by molar-refractivity contribution is 0.163. The highest BCUT2D eigenvalue weighted by Gasteiger charge is 1.82. The number of H-pyrrole nitrogens is 3. The van der Waals surface area contributed by atoms with E-state index in [4.69, 9.17) is 0 Å². The van der Waals surface area contributed by atoms with Crippen molar-refractivity contribution >= 4 is 6.09 Å². The number of primary amides is 1. The van der Waals surface area contributed by atoms with Crippen LogP contribution < -0.4 is 5.73 Å². The number of imidazole rings is 1. The Labute approximate surface area is 121 Å². The molecule has 3 aromatic heterocycles. The molecule has 0 saturated carbocycles. The first-order chi connectivity index (χ1) is 10.3. The molecule has 0 spiro atoms. The van der Waals surface area contributed by atoms with E-state index in [0.717, 1.165) is 0 Å². The lowest BCUT2D eigenvalue weighted by atomic mass is 10.7. The largest absolute Gasteiger partial charge is 0.450 e. The number of carbonyl (C=O) groups is 1. The molecule has 21 heavy (non-hydrogen) atoms. The lowest BCUT2D eigenvalue weighted by Crippen LogP contribution is -2.11. The summed E-state index contributed by atoms with van der Waals surface area (Å²) in [6, 6.07) is 3.89. The Hall–Kier alpha value is -3.17. The molecule has 5 N–H and O–H groups in total. The maximum absolute atomic E-state index is 9.60. The Kier molecular flexibility index (Phi) is 12.6. The monoisotopic (exact) mass is 294 g/mol. The Bertz CT molecular complexity index is 366. The average molecular weight is 294 g/mol. The third-order valence-corrected chi connectivity index (χ3v) is 1.46. The predicted molar refractivity (Wildman–Crippen MR) is 74.8 cm³/mol. The molecule has 3 heterocycles. The molecule has 0 atom stereocenters. The van der Waals surface area contributed by atoms with Gasteiger partial charge in [0.1, 0.15) is 0 Å². The molecule has 3 aromatic rings. The second-order valence-corrected chi connectivity index (χ2v) is 2.96. The highest BCUT2D eigenvalue weighted by atomic mass is 16.5. The van der Waals surface area contributed by atoms with Gasteiger partial charge in [0.2, 0.25) is 0 Å². The van der Waals surface area contributed by atoms with Crippen molar-refractivity contribution in [2.45, 2.75) is 6.92 Å². The normalized spacial score (nSPS) is 7.86. The minimum atomic E-state index is -0.711. The molecular formula is C11H18N8O2. The van der Waals surface area contributed by atoms with Crippen LogP contribution in [0.15, 0.2) is 49.6 Å². The van der Waals surface area contributed by atoms with Gasteiger partial charge in [0.05, 0.1) is 12.9 Å². The van der Waals surface area contributed by atoms with Gasteiger partial charge in [-0.3, -0.25) is 0 Å². The van der Waals surface area contributed by atoms with E-state index in [2.05, 4.69) is 46.0 Å². The Morgan fingerprint density at radius 3 is 2.14 bits per heavy atom. The van der Waals surface area contributed by atoms with E-state index in [1.807, 2.05) is 24.5 Å². The third kappa shape index (κ3) is 16.8. The highest BCUT2D eigenvalue weighted by Crippen LogP contribution is 1.72. The van der Waals surface area contributed by atoms with Crippen LogP contribution in [-0.4, -0.2) is 48.3 Å². The minimum Gasteiger partial charge on any atom is -0.450 e. The van der Waals surface area contributed by atoms with Crippen LogP contribution in [0.4, 0.5) is 4.79 Å². The van der Waals surface area contributed by atoms with Crippen LogP contribution in [0.5, 0.6) is 0 Å². The van der Waals surface area contributed by atoms with Crippen LogP contribution in [0.3, 0.4) is 0 Å². The summed E-state index contributed by atoms with van der Waals surface area (Å²) in [4.78, 5) is 18.9. The molecule has 0 radical (unpaired) electrons. The number of amides is 1. The van der Waals surface area contributed by atoms with Gasteiger partial charge < -0.3 is 20.4 Å². The van der Waals surface area contributed by atoms with Gasteiger partial charge in [-0.1, -0.05) is 5.21 Å². The first kappa shape index (κ1) is 17.8. The summed E-state index contributed by atoms with van der Waals surface area (Å²) in [6.45, 7) is 2.06. The zero-order chi connectivity index (χ0) is 15.6. The fraction of sp³-hybridized carbons (Fsp3) is 0.182. The van der Waals surface area contributed by atoms with E-state index in [-0.39, 0.29) is 0 Å². The second kappa shape index (κ2) is 14.9. The van der Waals surface area contributed by atoms with Crippen molar-refractivity contribution in [1.82, 2.24) is 35.6 Å². The maximum atomic E-state index is 9.60. The first-order valence-corrected chi connectivity index (χ1v) is 5.86. The van der Waals surface area contributed by atoms with Crippen molar-refractivity contribution < 1.29 is 9.53 Å². The van der Waals surface area contributed by atoms with Gasteiger partial charge in [0.25, 0.3) is 0 Å². The molecule has 0 aliphatic heterocycles. The highest BCUT2D eigenvalue weighted by molar-refractivity contribution is 5.64. The summed E-state index contributed by atoms with van der Waals surface area (Å²) in [5.74, 6) is 0. The molecule has 114 valence electrons. The molecule has 0 bridgehead atoms. The summed E-state index contributed by atoms with van der Waals surface area (Å²) in [6.07, 6.45) is 9.46. The molecule has 0 unspecified atom stereocenters. The lowest BCUT2D eigenvalue weighted by Gasteiger charge is -1.89. The number of nitrogens with zero attached hydrogens (tertiary/aromatic N) is 4. The zero-order valence-electron chi connectivity index (χ0n) is 11.5. The van der Waals surface area contributed by atoms with E-state index in [9.17, 15) is 4.79 Å². The van der Waals surface area contributed by atoms with Gasteiger partial charge >= 0.3 is 6.09 Å². The van der Waals surface area contributed by atoms with Crippen LogP contribution in [0.2, 0.25) is 0 Å². The molecular weight excluding hydrogens is 276 g/mol. The molecule has 0 aromatic carbocycles. The Morgan fingerprint density at radius 2 is 2.00 bits per heavy atom. The number of hydrogen-bond acceptors (Lipinski definition) is 6. The van der Waals surface area contributed by atoms with E-state index in [1.165, 1.54) is 6.33 Å². The van der Waals surface area contributed by atoms with Gasteiger partial charge in [0.15, 0.2) is 6.33 Å². The number of aromatic amines is 3. The molecule has 0 aliphatic carbocycles. The van der Waals surface area contributed by atoms with Crippen molar-refractivity contribution in [3.8, 4) is 0 Å². The summed E-state index contributed by atoms with van der Waals surface area (Å²) >= 11 is 0. The SMILES string of the molecule is CCOC(N)=O.c1c[nH]cn1.c1cc[nH]c1.c1nn[nH]n1. The van der Waals surface area contributed by atoms with Gasteiger partial charge in [0, 0.05) is 24.8 Å². The van der Waals surface area contributed by atoms with Gasteiger partial charge in [-0.25, -0.2) is 9.78 Å². The molecule has 0 fully saturated rings. The number of nitrogens with one attached hydrogen (secondary N) is 3. The molecule has 0 aliphatic rings.